The van der Waals surface area contributed by atoms with E-state index in [1.165, 1.54) is 0 Å². The molecule has 0 aliphatic rings. The molecular formula is C13H26O7Si. The molecule has 21 heavy (non-hydrogen) atoms. The average molecular weight is 322 g/mol. The fraction of sp³-hybridized carbons (Fsp3) is 0.769. The van der Waals surface area contributed by atoms with Crippen LogP contribution in [0.5, 0.6) is 0 Å². The van der Waals surface area contributed by atoms with Gasteiger partial charge in [-0.05, 0) is 6.92 Å². The Morgan fingerprint density at radius 1 is 0.905 bits per heavy atom. The number of esters is 1. The summed E-state index contributed by atoms with van der Waals surface area (Å²) in [6.45, 7) is 6.95. The van der Waals surface area contributed by atoms with Crippen molar-refractivity contribution in [3.8, 4) is 0 Å². The van der Waals surface area contributed by atoms with Gasteiger partial charge in [0, 0.05) is 32.9 Å². The van der Waals surface area contributed by atoms with Crippen LogP contribution < -0.4 is 0 Å². The molecule has 0 fully saturated rings. The van der Waals surface area contributed by atoms with Gasteiger partial charge in [-0.2, -0.15) is 0 Å². The predicted octanol–water partition coefficient (Wildman–Crippen LogP) is 1.02. The lowest BCUT2D eigenvalue weighted by Gasteiger charge is -2.24. The summed E-state index contributed by atoms with van der Waals surface area (Å²) in [7, 11) is 2.14. The molecule has 0 amide bonds. The maximum Gasteiger partial charge on any atom is 0.502 e. The van der Waals surface area contributed by atoms with Crippen LogP contribution in [0.1, 0.15) is 6.92 Å². The zero-order valence-corrected chi connectivity index (χ0v) is 14.3. The van der Waals surface area contributed by atoms with E-state index < -0.39 is 14.8 Å². The molecule has 0 radical (unpaired) electrons. The highest BCUT2D eigenvalue weighted by Gasteiger charge is 2.37. The molecule has 0 bridgehead atoms. The number of carbonyl (C=O) groups is 1. The molecule has 0 saturated carbocycles. The van der Waals surface area contributed by atoms with E-state index >= 15 is 0 Å². The Kier molecular flexibility index (Phi) is 11.4. The van der Waals surface area contributed by atoms with Crippen LogP contribution in [-0.2, 0) is 32.3 Å². The Morgan fingerprint density at radius 3 is 1.86 bits per heavy atom. The quantitative estimate of drug-likeness (QED) is 0.217. The fourth-order valence-electron chi connectivity index (χ4n) is 1.39. The van der Waals surface area contributed by atoms with Crippen LogP contribution in [0.25, 0.3) is 0 Å². The molecule has 0 N–H and O–H groups in total. The van der Waals surface area contributed by atoms with Gasteiger partial charge in [-0.25, -0.2) is 4.79 Å². The van der Waals surface area contributed by atoms with Crippen molar-refractivity contribution in [3.63, 3.8) is 0 Å². The second kappa shape index (κ2) is 11.8. The van der Waals surface area contributed by atoms with Crippen molar-refractivity contribution in [2.45, 2.75) is 13.0 Å². The van der Waals surface area contributed by atoms with Crippen molar-refractivity contribution < 1.29 is 32.3 Å². The van der Waals surface area contributed by atoms with Crippen LogP contribution in [0.15, 0.2) is 12.2 Å². The Hall–Kier alpha value is -0.773. The van der Waals surface area contributed by atoms with Crippen LogP contribution in [-0.4, -0.2) is 69.1 Å². The normalized spacial score (nSPS) is 11.4. The van der Waals surface area contributed by atoms with Crippen molar-refractivity contribution in [2.75, 3.05) is 54.4 Å². The molecule has 0 atom stereocenters. The van der Waals surface area contributed by atoms with E-state index in [0.717, 1.165) is 0 Å². The second-order valence-electron chi connectivity index (χ2n) is 4.19. The molecule has 0 aliphatic heterocycles. The minimum Gasteiger partial charge on any atom is -0.460 e. The summed E-state index contributed by atoms with van der Waals surface area (Å²) in [4.78, 5) is 11.1. The summed E-state index contributed by atoms with van der Waals surface area (Å²) in [6, 6.07) is 0.576. The van der Waals surface area contributed by atoms with Crippen LogP contribution in [0.3, 0.4) is 0 Å². The highest BCUT2D eigenvalue weighted by molar-refractivity contribution is 6.60. The molecule has 0 aliphatic carbocycles. The number of rotatable bonds is 13. The molecule has 0 rings (SSSR count). The lowest BCUT2D eigenvalue weighted by molar-refractivity contribution is -0.140. The minimum absolute atomic E-state index is 0.207. The van der Waals surface area contributed by atoms with Crippen LogP contribution in [0.4, 0.5) is 0 Å². The summed E-state index contributed by atoms with van der Waals surface area (Å²) in [5.41, 5.74) is 0.375. The van der Waals surface area contributed by atoms with Crippen molar-refractivity contribution >= 4 is 14.8 Å². The number of hydrogen-bond acceptors (Lipinski definition) is 7. The summed E-state index contributed by atoms with van der Waals surface area (Å²) < 4.78 is 31.3. The Morgan fingerprint density at radius 2 is 1.38 bits per heavy atom. The molecule has 0 unspecified atom stereocenters. The maximum absolute atomic E-state index is 11.1. The Labute approximate surface area is 127 Å². The Balaban J connectivity index is 3.48. The highest BCUT2D eigenvalue weighted by Crippen LogP contribution is 2.12. The van der Waals surface area contributed by atoms with E-state index in [1.807, 2.05) is 0 Å². The molecule has 0 aromatic carbocycles. The molecule has 7 nitrogen and oxygen atoms in total. The van der Waals surface area contributed by atoms with Gasteiger partial charge in [-0.1, -0.05) is 6.58 Å². The van der Waals surface area contributed by atoms with Gasteiger partial charge in [0.2, 0.25) is 0 Å². The van der Waals surface area contributed by atoms with Crippen molar-refractivity contribution in [1.82, 2.24) is 0 Å². The SMILES string of the molecule is C=C(C)C(=O)OCCOCCOCC[Si](OC)(OC)OC. The molecule has 0 saturated heterocycles. The zero-order chi connectivity index (χ0) is 16.1. The summed E-state index contributed by atoms with van der Waals surface area (Å²) in [5, 5.41) is 0. The molecule has 124 valence electrons. The minimum atomic E-state index is -2.55. The molecule has 0 aromatic rings. The monoisotopic (exact) mass is 322 g/mol. The second-order valence-corrected chi connectivity index (χ2v) is 7.28. The first-order chi connectivity index (χ1) is 10.0. The van der Waals surface area contributed by atoms with Crippen LogP contribution in [0.2, 0.25) is 6.04 Å². The first kappa shape index (κ1) is 20.2. The van der Waals surface area contributed by atoms with E-state index in [9.17, 15) is 4.79 Å². The topological polar surface area (TPSA) is 72.5 Å². The van der Waals surface area contributed by atoms with E-state index in [0.29, 0.717) is 38.0 Å². The summed E-state index contributed by atoms with van der Waals surface area (Å²) in [5.74, 6) is -0.408. The van der Waals surface area contributed by atoms with Gasteiger partial charge in [-0.15, -0.1) is 0 Å². The largest absolute Gasteiger partial charge is 0.502 e. The molecule has 8 heteroatoms. The molecule has 0 heterocycles. The maximum atomic E-state index is 11.1. The van der Waals surface area contributed by atoms with Crippen molar-refractivity contribution in [1.29, 1.82) is 0 Å². The van der Waals surface area contributed by atoms with E-state index in [1.54, 1.807) is 28.3 Å². The first-order valence-corrected chi connectivity index (χ1v) is 8.58. The third-order valence-corrected chi connectivity index (χ3v) is 5.35. The van der Waals surface area contributed by atoms with Gasteiger partial charge in [0.25, 0.3) is 0 Å². The Bertz CT molecular complexity index is 297. The zero-order valence-electron chi connectivity index (χ0n) is 13.3. The predicted molar refractivity (Wildman–Crippen MR) is 79.0 cm³/mol. The lowest BCUT2D eigenvalue weighted by atomic mass is 10.4. The average Bonchev–Trinajstić information content (AvgIpc) is 2.49. The fourth-order valence-corrected chi connectivity index (χ4v) is 2.90. The van der Waals surface area contributed by atoms with Crippen molar-refractivity contribution in [2.24, 2.45) is 0 Å². The van der Waals surface area contributed by atoms with E-state index in [2.05, 4.69) is 6.58 Å². The van der Waals surface area contributed by atoms with Gasteiger partial charge in [0.05, 0.1) is 26.4 Å². The molecular weight excluding hydrogens is 296 g/mol. The van der Waals surface area contributed by atoms with Gasteiger partial charge in [0.1, 0.15) is 6.61 Å². The standard InChI is InChI=1S/C13H26O7Si/c1-12(2)13(14)20-9-8-18-6-7-19-10-11-21(15-3,16-4)17-5/h1,6-11H2,2-5H3. The summed E-state index contributed by atoms with van der Waals surface area (Å²) in [6.07, 6.45) is 0. The van der Waals surface area contributed by atoms with Gasteiger partial charge < -0.3 is 27.5 Å². The smallest absolute Gasteiger partial charge is 0.460 e. The van der Waals surface area contributed by atoms with Crippen LogP contribution >= 0.6 is 0 Å². The third-order valence-electron chi connectivity index (χ3n) is 2.67. The lowest BCUT2D eigenvalue weighted by Crippen LogP contribution is -2.43. The van der Waals surface area contributed by atoms with Gasteiger partial charge in [0.15, 0.2) is 0 Å². The third kappa shape index (κ3) is 8.97. The molecule has 0 aromatic heterocycles. The number of carbonyl (C=O) groups excluding carboxylic acids is 1. The van der Waals surface area contributed by atoms with Crippen LogP contribution in [0, 0.1) is 0 Å². The number of hydrogen-bond donors (Lipinski definition) is 0. The summed E-state index contributed by atoms with van der Waals surface area (Å²) >= 11 is 0. The molecule has 0 spiro atoms. The van der Waals surface area contributed by atoms with Gasteiger partial charge >= 0.3 is 14.8 Å². The highest BCUT2D eigenvalue weighted by atomic mass is 28.4. The van der Waals surface area contributed by atoms with E-state index in [-0.39, 0.29) is 6.61 Å². The first-order valence-electron chi connectivity index (χ1n) is 6.65. The van der Waals surface area contributed by atoms with Crippen molar-refractivity contribution in [3.05, 3.63) is 12.2 Å². The van der Waals surface area contributed by atoms with Gasteiger partial charge in [-0.3, -0.25) is 0 Å². The van der Waals surface area contributed by atoms with E-state index in [4.69, 9.17) is 27.5 Å². The number of ether oxygens (including phenoxy) is 3.